The Hall–Kier alpha value is -4.04. The molecule has 4 aromatic rings. The Morgan fingerprint density at radius 1 is 1.08 bits per heavy atom. The summed E-state index contributed by atoms with van der Waals surface area (Å²) in [6.07, 6.45) is 0.789. The van der Waals surface area contributed by atoms with Gasteiger partial charge >= 0.3 is 0 Å². The Morgan fingerprint density at radius 2 is 1.86 bits per heavy atom. The maximum absolute atomic E-state index is 13.0. The zero-order valence-electron chi connectivity index (χ0n) is 20.9. The van der Waals surface area contributed by atoms with E-state index in [1.54, 1.807) is 6.07 Å². The molecule has 2 heterocycles. The van der Waals surface area contributed by atoms with E-state index in [9.17, 15) is 4.79 Å². The monoisotopic (exact) mass is 515 g/mol. The molecule has 0 unspecified atom stereocenters. The molecule has 0 saturated carbocycles. The highest BCUT2D eigenvalue weighted by molar-refractivity contribution is 7.80. The lowest BCUT2D eigenvalue weighted by molar-refractivity contribution is 0.174. The number of rotatable bonds is 8. The van der Waals surface area contributed by atoms with E-state index in [0.29, 0.717) is 47.4 Å². The fourth-order valence-electron chi connectivity index (χ4n) is 4.35. The third kappa shape index (κ3) is 5.86. The van der Waals surface area contributed by atoms with Crippen LogP contribution in [-0.4, -0.2) is 34.9 Å². The summed E-state index contributed by atoms with van der Waals surface area (Å²) in [6, 6.07) is 21.7. The number of hydrogen-bond acceptors (Lipinski definition) is 5. The molecule has 0 aliphatic carbocycles. The molecule has 0 spiro atoms. The summed E-state index contributed by atoms with van der Waals surface area (Å²) in [5, 5.41) is 4.74. The Labute approximate surface area is 221 Å². The predicted molar refractivity (Wildman–Crippen MR) is 150 cm³/mol. The van der Waals surface area contributed by atoms with E-state index in [4.69, 9.17) is 26.4 Å². The van der Waals surface area contributed by atoms with E-state index in [2.05, 4.69) is 41.5 Å². The Morgan fingerprint density at radius 3 is 2.62 bits per heavy atom. The molecule has 7 nitrogen and oxygen atoms in total. The summed E-state index contributed by atoms with van der Waals surface area (Å²) in [4.78, 5) is 18.0. The van der Waals surface area contributed by atoms with Crippen LogP contribution < -0.4 is 25.1 Å². The number of nitrogens with zero attached hydrogens (tertiary/aromatic N) is 1. The minimum atomic E-state index is -0.157. The van der Waals surface area contributed by atoms with Crippen LogP contribution in [0, 0.1) is 6.92 Å². The molecule has 5 rings (SSSR count). The summed E-state index contributed by atoms with van der Waals surface area (Å²) >= 11 is 5.82. The second kappa shape index (κ2) is 10.9. The first kappa shape index (κ1) is 24.6. The van der Waals surface area contributed by atoms with Crippen LogP contribution in [0.1, 0.15) is 23.6 Å². The molecular weight excluding hydrogens is 486 g/mol. The van der Waals surface area contributed by atoms with Crippen LogP contribution >= 0.6 is 12.2 Å². The Kier molecular flexibility index (Phi) is 7.28. The van der Waals surface area contributed by atoms with Gasteiger partial charge in [-0.3, -0.25) is 4.79 Å². The number of hydrogen-bond donors (Lipinski definition) is 2. The van der Waals surface area contributed by atoms with Crippen LogP contribution in [0.25, 0.3) is 10.9 Å². The van der Waals surface area contributed by atoms with E-state index in [-0.39, 0.29) is 12.4 Å². The second-order valence-corrected chi connectivity index (χ2v) is 9.35. The first-order valence-corrected chi connectivity index (χ1v) is 12.7. The molecule has 190 valence electrons. The first-order chi connectivity index (χ1) is 18.0. The van der Waals surface area contributed by atoms with Crippen molar-refractivity contribution in [3.63, 3.8) is 0 Å². The van der Waals surface area contributed by atoms with Crippen molar-refractivity contribution in [2.75, 3.05) is 25.3 Å². The fourth-order valence-corrected chi connectivity index (χ4v) is 4.63. The smallest absolute Gasteiger partial charge is 0.253 e. The number of H-pyrrole nitrogens is 1. The van der Waals surface area contributed by atoms with Crippen LogP contribution in [0.4, 0.5) is 5.69 Å². The standard InChI is InChI=1S/C29H29N3O4S/c1-3-34-24-9-7-23(8-10-24)30-29(37)32(12-11-20-6-4-5-19(2)13-20)17-22-14-21-15-26-27(36-18-35-26)16-25(21)31-28(22)33/h4-10,13-16H,3,11-12,17-18H2,1-2H3,(H,30,37)(H,31,33). The molecule has 0 atom stereocenters. The highest BCUT2D eigenvalue weighted by atomic mass is 32.1. The minimum absolute atomic E-state index is 0.157. The van der Waals surface area contributed by atoms with Crippen molar-refractivity contribution < 1.29 is 14.2 Å². The predicted octanol–water partition coefficient (Wildman–Crippen LogP) is 5.41. The normalized spacial score (nSPS) is 11.9. The summed E-state index contributed by atoms with van der Waals surface area (Å²) in [6.45, 7) is 5.83. The van der Waals surface area contributed by atoms with Crippen molar-refractivity contribution in [1.29, 1.82) is 0 Å². The third-order valence-electron chi connectivity index (χ3n) is 6.23. The molecule has 3 aromatic carbocycles. The number of aryl methyl sites for hydroxylation is 1. The number of fused-ring (bicyclic) bond motifs is 2. The third-order valence-corrected chi connectivity index (χ3v) is 6.59. The van der Waals surface area contributed by atoms with E-state index < -0.39 is 0 Å². The molecule has 37 heavy (non-hydrogen) atoms. The van der Waals surface area contributed by atoms with Crippen molar-refractivity contribution in [2.45, 2.75) is 26.8 Å². The van der Waals surface area contributed by atoms with Gasteiger partial charge in [-0.2, -0.15) is 0 Å². The number of benzene rings is 3. The van der Waals surface area contributed by atoms with Crippen LogP contribution in [0.3, 0.4) is 0 Å². The molecule has 1 aromatic heterocycles. The summed E-state index contributed by atoms with van der Waals surface area (Å²) in [5.41, 5.74) is 4.45. The highest BCUT2D eigenvalue weighted by Crippen LogP contribution is 2.35. The van der Waals surface area contributed by atoms with Gasteiger partial charge in [0.05, 0.1) is 18.7 Å². The van der Waals surface area contributed by atoms with Crippen LogP contribution in [0.15, 0.2) is 71.5 Å². The zero-order chi connectivity index (χ0) is 25.8. The van der Waals surface area contributed by atoms with E-state index in [1.165, 1.54) is 11.1 Å². The van der Waals surface area contributed by atoms with Crippen LogP contribution in [-0.2, 0) is 13.0 Å². The van der Waals surface area contributed by atoms with Crippen molar-refractivity contribution >= 4 is 33.9 Å². The molecular formula is C29H29N3O4S. The SMILES string of the molecule is CCOc1ccc(NC(=S)N(CCc2cccc(C)c2)Cc2cc3cc4c(cc3[nH]c2=O)OCO4)cc1. The maximum Gasteiger partial charge on any atom is 0.253 e. The van der Waals surface area contributed by atoms with Gasteiger partial charge in [0.2, 0.25) is 6.79 Å². The number of thiocarbonyl (C=S) groups is 1. The molecule has 0 bridgehead atoms. The minimum Gasteiger partial charge on any atom is -0.494 e. The molecule has 0 amide bonds. The van der Waals surface area contributed by atoms with Gasteiger partial charge in [-0.25, -0.2) is 0 Å². The number of anilines is 1. The Balaban J connectivity index is 1.39. The first-order valence-electron chi connectivity index (χ1n) is 12.3. The number of aromatic amines is 1. The van der Waals surface area contributed by atoms with Gasteiger partial charge in [0.1, 0.15) is 5.75 Å². The lowest BCUT2D eigenvalue weighted by Gasteiger charge is -2.26. The average molecular weight is 516 g/mol. The van der Waals surface area contributed by atoms with Crippen molar-refractivity contribution in [1.82, 2.24) is 9.88 Å². The lowest BCUT2D eigenvalue weighted by atomic mass is 10.1. The van der Waals surface area contributed by atoms with E-state index in [1.807, 2.05) is 48.2 Å². The van der Waals surface area contributed by atoms with Crippen molar-refractivity contribution in [3.05, 3.63) is 93.8 Å². The number of ether oxygens (including phenoxy) is 3. The van der Waals surface area contributed by atoms with Crippen molar-refractivity contribution in [3.8, 4) is 17.2 Å². The molecule has 0 radical (unpaired) electrons. The molecule has 0 saturated heterocycles. The van der Waals surface area contributed by atoms with Gasteiger partial charge in [0.25, 0.3) is 5.56 Å². The van der Waals surface area contributed by atoms with Gasteiger partial charge in [-0.15, -0.1) is 0 Å². The van der Waals surface area contributed by atoms with Crippen LogP contribution in [0.5, 0.6) is 17.2 Å². The molecule has 1 aliphatic heterocycles. The average Bonchev–Trinajstić information content (AvgIpc) is 3.34. The fraction of sp³-hybridized carbons (Fsp3) is 0.241. The second-order valence-electron chi connectivity index (χ2n) is 8.96. The molecule has 2 N–H and O–H groups in total. The number of aromatic nitrogens is 1. The zero-order valence-corrected chi connectivity index (χ0v) is 21.7. The van der Waals surface area contributed by atoms with Gasteiger partial charge in [0.15, 0.2) is 16.6 Å². The van der Waals surface area contributed by atoms with Crippen molar-refractivity contribution in [2.24, 2.45) is 0 Å². The van der Waals surface area contributed by atoms with Gasteiger partial charge < -0.3 is 29.4 Å². The lowest BCUT2D eigenvalue weighted by Crippen LogP contribution is -2.37. The largest absolute Gasteiger partial charge is 0.494 e. The van der Waals surface area contributed by atoms with Gasteiger partial charge in [-0.1, -0.05) is 29.8 Å². The number of nitrogens with one attached hydrogen (secondary N) is 2. The van der Waals surface area contributed by atoms with Gasteiger partial charge in [-0.05, 0) is 74.4 Å². The molecule has 8 heteroatoms. The van der Waals surface area contributed by atoms with E-state index in [0.717, 1.165) is 23.2 Å². The topological polar surface area (TPSA) is 75.8 Å². The summed E-state index contributed by atoms with van der Waals surface area (Å²) in [5.74, 6) is 2.12. The van der Waals surface area contributed by atoms with Crippen LogP contribution in [0.2, 0.25) is 0 Å². The van der Waals surface area contributed by atoms with E-state index >= 15 is 0 Å². The van der Waals surface area contributed by atoms with Gasteiger partial charge in [0, 0.05) is 29.2 Å². The molecule has 0 fully saturated rings. The number of pyridine rings is 1. The summed E-state index contributed by atoms with van der Waals surface area (Å²) < 4.78 is 16.5. The quantitative estimate of drug-likeness (QED) is 0.304. The molecule has 1 aliphatic rings. The Bertz CT molecular complexity index is 1480. The maximum atomic E-state index is 13.0. The highest BCUT2D eigenvalue weighted by Gasteiger charge is 2.18. The summed E-state index contributed by atoms with van der Waals surface area (Å²) in [7, 11) is 0.